The molecule has 1 fully saturated rings. The van der Waals surface area contributed by atoms with Crippen molar-refractivity contribution >= 4 is 23.5 Å². The summed E-state index contributed by atoms with van der Waals surface area (Å²) in [6.45, 7) is 1.09. The smallest absolute Gasteiger partial charge is 0.407 e. The fraction of sp³-hybridized carbons (Fsp3) is 0.500. The summed E-state index contributed by atoms with van der Waals surface area (Å²) in [5.74, 6) is 0.631. The lowest BCUT2D eigenvalue weighted by Crippen LogP contribution is -2.41. The van der Waals surface area contributed by atoms with E-state index in [9.17, 15) is 4.79 Å². The van der Waals surface area contributed by atoms with Gasteiger partial charge in [0.15, 0.2) is 0 Å². The van der Waals surface area contributed by atoms with Crippen LogP contribution in [0.3, 0.4) is 0 Å². The van der Waals surface area contributed by atoms with Crippen LogP contribution in [-0.2, 0) is 0 Å². The van der Waals surface area contributed by atoms with E-state index in [1.165, 1.54) is 11.1 Å². The Morgan fingerprint density at radius 2 is 2.18 bits per heavy atom. The van der Waals surface area contributed by atoms with E-state index in [2.05, 4.69) is 15.3 Å². The summed E-state index contributed by atoms with van der Waals surface area (Å²) < 4.78 is 0. The van der Waals surface area contributed by atoms with E-state index >= 15 is 0 Å². The minimum absolute atomic E-state index is 0.221. The van der Waals surface area contributed by atoms with E-state index in [1.807, 2.05) is 0 Å². The maximum atomic E-state index is 10.7. The topological polar surface area (TPSA) is 78.4 Å². The Kier molecular flexibility index (Phi) is 3.63. The van der Waals surface area contributed by atoms with Gasteiger partial charge in [0.1, 0.15) is 11.0 Å². The molecule has 0 unspecified atom stereocenters. The standard InChI is InChI=1S/C10H13ClN4O2/c11-8-5-12-6-9(14-8)13-7-1-3-15(4-2-7)10(16)17/h5-7H,1-4H2,(H,13,14)(H,16,17). The molecular weight excluding hydrogens is 244 g/mol. The molecule has 2 heterocycles. The van der Waals surface area contributed by atoms with Crippen LogP contribution in [0.25, 0.3) is 0 Å². The van der Waals surface area contributed by atoms with Crippen LogP contribution in [-0.4, -0.2) is 45.2 Å². The molecule has 0 aromatic carbocycles. The van der Waals surface area contributed by atoms with Crippen molar-refractivity contribution in [2.45, 2.75) is 18.9 Å². The zero-order valence-electron chi connectivity index (χ0n) is 9.14. The summed E-state index contributed by atoms with van der Waals surface area (Å²) in [6, 6.07) is 0.221. The Morgan fingerprint density at radius 3 is 2.76 bits per heavy atom. The van der Waals surface area contributed by atoms with E-state index in [1.54, 1.807) is 6.20 Å². The van der Waals surface area contributed by atoms with Gasteiger partial charge < -0.3 is 15.3 Å². The van der Waals surface area contributed by atoms with Crippen molar-refractivity contribution in [1.82, 2.24) is 14.9 Å². The molecule has 0 atom stereocenters. The van der Waals surface area contributed by atoms with Crippen LogP contribution >= 0.6 is 11.6 Å². The van der Waals surface area contributed by atoms with E-state index in [0.29, 0.717) is 24.1 Å². The zero-order chi connectivity index (χ0) is 12.3. The van der Waals surface area contributed by atoms with Gasteiger partial charge in [-0.2, -0.15) is 0 Å². The molecule has 2 rings (SSSR count). The number of nitrogens with zero attached hydrogens (tertiary/aromatic N) is 3. The van der Waals surface area contributed by atoms with Crippen LogP contribution in [0.4, 0.5) is 10.6 Å². The zero-order valence-corrected chi connectivity index (χ0v) is 9.89. The van der Waals surface area contributed by atoms with E-state index in [0.717, 1.165) is 12.8 Å². The lowest BCUT2D eigenvalue weighted by atomic mass is 10.1. The summed E-state index contributed by atoms with van der Waals surface area (Å²) in [7, 11) is 0. The second-order valence-corrected chi connectivity index (χ2v) is 4.30. The molecule has 92 valence electrons. The molecule has 17 heavy (non-hydrogen) atoms. The Morgan fingerprint density at radius 1 is 1.47 bits per heavy atom. The average molecular weight is 257 g/mol. The Hall–Kier alpha value is -1.56. The number of hydrogen-bond donors (Lipinski definition) is 2. The molecule has 1 aromatic rings. The van der Waals surface area contributed by atoms with Gasteiger partial charge in [-0.25, -0.2) is 9.78 Å². The monoisotopic (exact) mass is 256 g/mol. The number of anilines is 1. The van der Waals surface area contributed by atoms with Gasteiger partial charge in [0.2, 0.25) is 0 Å². The average Bonchev–Trinajstić information content (AvgIpc) is 2.29. The van der Waals surface area contributed by atoms with Crippen molar-refractivity contribution in [2.24, 2.45) is 0 Å². The van der Waals surface area contributed by atoms with Crippen LogP contribution in [0.15, 0.2) is 12.4 Å². The summed E-state index contributed by atoms with van der Waals surface area (Å²) in [5.41, 5.74) is 0. The maximum absolute atomic E-state index is 10.7. The SMILES string of the molecule is O=C(O)N1CCC(Nc2cncc(Cl)n2)CC1. The molecule has 1 aliphatic rings. The highest BCUT2D eigenvalue weighted by molar-refractivity contribution is 6.29. The second kappa shape index (κ2) is 5.18. The third-order valence-corrected chi connectivity index (χ3v) is 2.90. The van der Waals surface area contributed by atoms with Gasteiger partial charge in [0.05, 0.1) is 12.4 Å². The highest BCUT2D eigenvalue weighted by atomic mass is 35.5. The fourth-order valence-corrected chi connectivity index (χ4v) is 1.98. The molecule has 1 aromatic heterocycles. The predicted octanol–water partition coefficient (Wildman–Crippen LogP) is 1.68. The number of carbonyl (C=O) groups is 1. The number of likely N-dealkylation sites (tertiary alicyclic amines) is 1. The molecule has 0 bridgehead atoms. The number of rotatable bonds is 2. The number of aromatic nitrogens is 2. The minimum atomic E-state index is -0.856. The van der Waals surface area contributed by atoms with Crippen molar-refractivity contribution in [3.8, 4) is 0 Å². The van der Waals surface area contributed by atoms with Gasteiger partial charge in [-0.15, -0.1) is 0 Å². The molecule has 6 nitrogen and oxygen atoms in total. The summed E-state index contributed by atoms with van der Waals surface area (Å²) in [4.78, 5) is 20.2. The number of amides is 1. The molecule has 0 aliphatic carbocycles. The summed E-state index contributed by atoms with van der Waals surface area (Å²) in [6.07, 6.45) is 3.75. The normalized spacial score (nSPS) is 16.9. The number of halogens is 1. The molecule has 1 amide bonds. The van der Waals surface area contributed by atoms with Gasteiger partial charge in [-0.1, -0.05) is 11.6 Å². The van der Waals surface area contributed by atoms with Gasteiger partial charge in [-0.3, -0.25) is 4.98 Å². The van der Waals surface area contributed by atoms with Crippen LogP contribution in [0.2, 0.25) is 5.15 Å². The highest BCUT2D eigenvalue weighted by Crippen LogP contribution is 2.15. The van der Waals surface area contributed by atoms with Crippen molar-refractivity contribution < 1.29 is 9.90 Å². The van der Waals surface area contributed by atoms with E-state index in [-0.39, 0.29) is 6.04 Å². The molecule has 0 radical (unpaired) electrons. The first-order chi connectivity index (χ1) is 8.15. The molecule has 2 N–H and O–H groups in total. The second-order valence-electron chi connectivity index (χ2n) is 3.92. The molecule has 0 saturated carbocycles. The van der Waals surface area contributed by atoms with Crippen LogP contribution in [0.1, 0.15) is 12.8 Å². The maximum Gasteiger partial charge on any atom is 0.407 e. The highest BCUT2D eigenvalue weighted by Gasteiger charge is 2.22. The van der Waals surface area contributed by atoms with Crippen molar-refractivity contribution in [3.05, 3.63) is 17.5 Å². The van der Waals surface area contributed by atoms with Crippen LogP contribution < -0.4 is 5.32 Å². The lowest BCUT2D eigenvalue weighted by Gasteiger charge is -2.30. The van der Waals surface area contributed by atoms with Gasteiger partial charge >= 0.3 is 6.09 Å². The Labute approximate surface area is 104 Å². The number of piperidine rings is 1. The third-order valence-electron chi connectivity index (χ3n) is 2.72. The number of hydrogen-bond acceptors (Lipinski definition) is 4. The minimum Gasteiger partial charge on any atom is -0.465 e. The predicted molar refractivity (Wildman–Crippen MR) is 63.3 cm³/mol. The molecule has 7 heteroatoms. The third kappa shape index (κ3) is 3.20. The molecule has 1 saturated heterocycles. The van der Waals surface area contributed by atoms with Gasteiger partial charge in [0, 0.05) is 19.1 Å². The van der Waals surface area contributed by atoms with Crippen molar-refractivity contribution in [1.29, 1.82) is 0 Å². The molecule has 0 spiro atoms. The largest absolute Gasteiger partial charge is 0.465 e. The van der Waals surface area contributed by atoms with Crippen molar-refractivity contribution in [3.63, 3.8) is 0 Å². The molecular formula is C10H13ClN4O2. The van der Waals surface area contributed by atoms with Crippen molar-refractivity contribution in [2.75, 3.05) is 18.4 Å². The van der Waals surface area contributed by atoms with E-state index in [4.69, 9.17) is 16.7 Å². The Balaban J connectivity index is 1.88. The van der Waals surface area contributed by atoms with Crippen LogP contribution in [0, 0.1) is 0 Å². The quantitative estimate of drug-likeness (QED) is 0.842. The van der Waals surface area contributed by atoms with Crippen LogP contribution in [0.5, 0.6) is 0 Å². The first-order valence-electron chi connectivity index (χ1n) is 5.37. The van der Waals surface area contributed by atoms with Gasteiger partial charge in [0.25, 0.3) is 0 Å². The van der Waals surface area contributed by atoms with E-state index < -0.39 is 6.09 Å². The lowest BCUT2D eigenvalue weighted by molar-refractivity contribution is 0.134. The Bertz CT molecular complexity index is 407. The molecule has 1 aliphatic heterocycles. The summed E-state index contributed by atoms with van der Waals surface area (Å²) >= 11 is 5.73. The first-order valence-corrected chi connectivity index (χ1v) is 5.75. The van der Waals surface area contributed by atoms with Gasteiger partial charge in [-0.05, 0) is 12.8 Å². The fourth-order valence-electron chi connectivity index (χ4n) is 1.84. The first kappa shape index (κ1) is 11.9. The number of carboxylic acid groups (broad SMARTS) is 1. The summed E-state index contributed by atoms with van der Waals surface area (Å²) in [5, 5.41) is 12.4. The number of nitrogens with one attached hydrogen (secondary N) is 1.